The van der Waals surface area contributed by atoms with Crippen molar-refractivity contribution >= 4 is 0 Å². The number of hydrogen-bond donors (Lipinski definition) is 1. The Morgan fingerprint density at radius 2 is 2.44 bits per heavy atom. The minimum Gasteiger partial charge on any atom is -0.416 e. The van der Waals surface area contributed by atoms with Gasteiger partial charge in [-0.25, -0.2) is 4.79 Å². The molecule has 1 aliphatic carbocycles. The number of nitrogens with one attached hydrogen (secondary N) is 1. The van der Waals surface area contributed by atoms with E-state index in [1.54, 1.807) is 0 Å². The van der Waals surface area contributed by atoms with Crippen molar-refractivity contribution in [1.82, 2.24) is 4.98 Å². The molecule has 0 spiro atoms. The first-order valence-corrected chi connectivity index (χ1v) is 3.04. The SMILES string of the molecule is O=c1[nH]c(C2CC2)co1. The van der Waals surface area contributed by atoms with Gasteiger partial charge < -0.3 is 4.42 Å². The third-order valence-corrected chi connectivity index (χ3v) is 1.56. The van der Waals surface area contributed by atoms with Gasteiger partial charge in [-0.05, 0) is 12.8 Å². The van der Waals surface area contributed by atoms with E-state index in [-0.39, 0.29) is 5.76 Å². The van der Waals surface area contributed by atoms with E-state index in [1.165, 1.54) is 19.1 Å². The monoisotopic (exact) mass is 125 g/mol. The average Bonchev–Trinajstić information content (AvgIpc) is 2.58. The summed E-state index contributed by atoms with van der Waals surface area (Å²) in [5.41, 5.74) is 0.958. The van der Waals surface area contributed by atoms with Gasteiger partial charge in [-0.1, -0.05) is 0 Å². The lowest BCUT2D eigenvalue weighted by Crippen LogP contribution is -1.95. The molecule has 0 radical (unpaired) electrons. The van der Waals surface area contributed by atoms with E-state index >= 15 is 0 Å². The van der Waals surface area contributed by atoms with Gasteiger partial charge in [0.2, 0.25) is 0 Å². The fourth-order valence-corrected chi connectivity index (χ4v) is 0.886. The molecule has 1 aromatic heterocycles. The smallest absolute Gasteiger partial charge is 0.416 e. The Bertz CT molecular complexity index is 256. The van der Waals surface area contributed by atoms with Crippen molar-refractivity contribution in [1.29, 1.82) is 0 Å². The Balaban J connectivity index is 2.38. The van der Waals surface area contributed by atoms with E-state index < -0.39 is 0 Å². The van der Waals surface area contributed by atoms with Crippen LogP contribution >= 0.6 is 0 Å². The van der Waals surface area contributed by atoms with E-state index in [0.29, 0.717) is 5.92 Å². The predicted octanol–water partition coefficient (Wildman–Crippen LogP) is 0.845. The molecule has 48 valence electrons. The highest BCUT2D eigenvalue weighted by Crippen LogP contribution is 2.38. The van der Waals surface area contributed by atoms with Gasteiger partial charge in [0.05, 0.1) is 5.69 Å². The molecule has 0 aromatic carbocycles. The van der Waals surface area contributed by atoms with Gasteiger partial charge in [0.15, 0.2) is 0 Å². The van der Waals surface area contributed by atoms with Crippen LogP contribution in [0.15, 0.2) is 15.5 Å². The van der Waals surface area contributed by atoms with Gasteiger partial charge in [0.25, 0.3) is 0 Å². The third-order valence-electron chi connectivity index (χ3n) is 1.56. The molecule has 0 bridgehead atoms. The van der Waals surface area contributed by atoms with Crippen molar-refractivity contribution in [3.63, 3.8) is 0 Å². The second-order valence-corrected chi connectivity index (χ2v) is 2.38. The number of hydrogen-bond acceptors (Lipinski definition) is 2. The van der Waals surface area contributed by atoms with Crippen molar-refractivity contribution < 1.29 is 4.42 Å². The van der Waals surface area contributed by atoms with Crippen LogP contribution in [-0.2, 0) is 0 Å². The van der Waals surface area contributed by atoms with Gasteiger partial charge in [-0.3, -0.25) is 4.98 Å². The highest BCUT2D eigenvalue weighted by molar-refractivity contribution is 5.08. The first-order chi connectivity index (χ1) is 4.36. The zero-order valence-electron chi connectivity index (χ0n) is 4.89. The second-order valence-electron chi connectivity index (χ2n) is 2.38. The van der Waals surface area contributed by atoms with E-state index in [9.17, 15) is 4.79 Å². The lowest BCUT2D eigenvalue weighted by Gasteiger charge is -1.80. The standard InChI is InChI=1S/C6H7NO2/c8-6-7-5(3-9-6)4-1-2-4/h3-4H,1-2H2,(H,7,8). The first-order valence-electron chi connectivity index (χ1n) is 3.04. The van der Waals surface area contributed by atoms with Crippen molar-refractivity contribution in [3.05, 3.63) is 22.5 Å². The Morgan fingerprint density at radius 1 is 1.67 bits per heavy atom. The molecular formula is C6H7NO2. The molecular weight excluding hydrogens is 118 g/mol. The molecule has 1 heterocycles. The summed E-state index contributed by atoms with van der Waals surface area (Å²) in [4.78, 5) is 13.0. The van der Waals surface area contributed by atoms with Crippen LogP contribution in [0.4, 0.5) is 0 Å². The van der Waals surface area contributed by atoms with Crippen LogP contribution in [-0.4, -0.2) is 4.98 Å². The number of rotatable bonds is 1. The minimum absolute atomic E-state index is 0.336. The molecule has 0 atom stereocenters. The number of aromatic nitrogens is 1. The highest BCUT2D eigenvalue weighted by Gasteiger charge is 2.25. The third kappa shape index (κ3) is 0.781. The molecule has 3 nitrogen and oxygen atoms in total. The van der Waals surface area contributed by atoms with Gasteiger partial charge in [0, 0.05) is 5.92 Å². The fourth-order valence-electron chi connectivity index (χ4n) is 0.886. The molecule has 0 saturated heterocycles. The Kier molecular flexibility index (Phi) is 0.806. The molecule has 1 aromatic rings. The van der Waals surface area contributed by atoms with Gasteiger partial charge in [-0.2, -0.15) is 0 Å². The Morgan fingerprint density at radius 3 is 2.89 bits per heavy atom. The Hall–Kier alpha value is -0.990. The van der Waals surface area contributed by atoms with Crippen LogP contribution in [0.25, 0.3) is 0 Å². The molecule has 9 heavy (non-hydrogen) atoms. The zero-order valence-corrected chi connectivity index (χ0v) is 4.89. The molecule has 1 saturated carbocycles. The van der Waals surface area contributed by atoms with Gasteiger partial charge >= 0.3 is 5.76 Å². The maximum absolute atomic E-state index is 10.4. The molecule has 2 rings (SSSR count). The van der Waals surface area contributed by atoms with Crippen LogP contribution in [0.5, 0.6) is 0 Å². The lowest BCUT2D eigenvalue weighted by atomic mass is 10.3. The summed E-state index contributed by atoms with van der Waals surface area (Å²) in [7, 11) is 0. The van der Waals surface area contributed by atoms with Crippen LogP contribution in [0.3, 0.4) is 0 Å². The van der Waals surface area contributed by atoms with E-state index in [0.717, 1.165) is 5.69 Å². The molecule has 3 heteroatoms. The Labute approximate surface area is 51.7 Å². The quantitative estimate of drug-likeness (QED) is 0.604. The van der Waals surface area contributed by atoms with Crippen molar-refractivity contribution in [2.45, 2.75) is 18.8 Å². The summed E-state index contributed by atoms with van der Waals surface area (Å²) in [6.45, 7) is 0. The summed E-state index contributed by atoms with van der Waals surface area (Å²) in [5.74, 6) is 0.244. The summed E-state index contributed by atoms with van der Waals surface area (Å²) < 4.78 is 4.55. The van der Waals surface area contributed by atoms with Crippen molar-refractivity contribution in [3.8, 4) is 0 Å². The molecule has 1 fully saturated rings. The summed E-state index contributed by atoms with van der Waals surface area (Å²) in [6, 6.07) is 0. The molecule has 0 unspecified atom stereocenters. The largest absolute Gasteiger partial charge is 0.416 e. The summed E-state index contributed by atoms with van der Waals surface area (Å²) >= 11 is 0. The average molecular weight is 125 g/mol. The molecule has 0 aliphatic heterocycles. The van der Waals surface area contributed by atoms with Crippen LogP contribution in [0.1, 0.15) is 24.5 Å². The van der Waals surface area contributed by atoms with Crippen LogP contribution in [0.2, 0.25) is 0 Å². The number of oxazole rings is 1. The number of H-pyrrole nitrogens is 1. The van der Waals surface area contributed by atoms with Gasteiger partial charge in [0.1, 0.15) is 6.26 Å². The first kappa shape index (κ1) is 4.85. The normalized spacial score (nSPS) is 18.2. The van der Waals surface area contributed by atoms with E-state index in [1.807, 2.05) is 0 Å². The maximum atomic E-state index is 10.4. The minimum atomic E-state index is -0.336. The topological polar surface area (TPSA) is 46.0 Å². The maximum Gasteiger partial charge on any atom is 0.416 e. The number of aromatic amines is 1. The van der Waals surface area contributed by atoms with Crippen molar-refractivity contribution in [2.24, 2.45) is 0 Å². The van der Waals surface area contributed by atoms with Gasteiger partial charge in [-0.15, -0.1) is 0 Å². The summed E-state index contributed by atoms with van der Waals surface area (Å²) in [6.07, 6.45) is 3.89. The van der Waals surface area contributed by atoms with E-state index in [2.05, 4.69) is 9.40 Å². The fraction of sp³-hybridized carbons (Fsp3) is 0.500. The van der Waals surface area contributed by atoms with Crippen LogP contribution < -0.4 is 5.76 Å². The van der Waals surface area contributed by atoms with E-state index in [4.69, 9.17) is 0 Å². The van der Waals surface area contributed by atoms with Crippen molar-refractivity contribution in [2.75, 3.05) is 0 Å². The molecule has 1 aliphatic rings. The summed E-state index contributed by atoms with van der Waals surface area (Å²) in [5, 5.41) is 0. The molecule has 0 amide bonds. The predicted molar refractivity (Wildman–Crippen MR) is 31.3 cm³/mol. The zero-order chi connectivity index (χ0) is 6.27. The second kappa shape index (κ2) is 1.50. The van der Waals surface area contributed by atoms with Crippen LogP contribution in [0, 0.1) is 0 Å². The lowest BCUT2D eigenvalue weighted by molar-refractivity contribution is 0.514. The molecule has 1 N–H and O–H groups in total. The highest BCUT2D eigenvalue weighted by atomic mass is 16.4.